The molecule has 25 heavy (non-hydrogen) atoms. The van der Waals surface area contributed by atoms with Crippen LogP contribution < -0.4 is 4.74 Å². The number of nitrogens with zero attached hydrogens (tertiary/aromatic N) is 5. The quantitative estimate of drug-likeness (QED) is 0.574. The van der Waals surface area contributed by atoms with Gasteiger partial charge in [-0.3, -0.25) is 4.57 Å². The van der Waals surface area contributed by atoms with Crippen molar-refractivity contribution in [2.24, 2.45) is 7.05 Å². The molecule has 126 valence electrons. The molecule has 0 aliphatic heterocycles. The lowest BCUT2D eigenvalue weighted by Gasteiger charge is -2.11. The van der Waals surface area contributed by atoms with Crippen molar-refractivity contribution < 1.29 is 13.5 Å². The third kappa shape index (κ3) is 2.42. The van der Waals surface area contributed by atoms with Crippen LogP contribution in [0.25, 0.3) is 28.1 Å². The van der Waals surface area contributed by atoms with Gasteiger partial charge < -0.3 is 4.74 Å². The second kappa shape index (κ2) is 5.66. The Morgan fingerprint density at radius 1 is 1.08 bits per heavy atom. The van der Waals surface area contributed by atoms with Crippen molar-refractivity contribution in [2.75, 3.05) is 7.11 Å². The van der Waals surface area contributed by atoms with Crippen LogP contribution in [0.4, 0.5) is 8.78 Å². The Balaban J connectivity index is 1.88. The lowest BCUT2D eigenvalue weighted by atomic mass is 10.1. The summed E-state index contributed by atoms with van der Waals surface area (Å²) in [5.41, 5.74) is 1.99. The molecular formula is C17H13F2N5O. The molecule has 6 nitrogen and oxygen atoms in total. The van der Waals surface area contributed by atoms with E-state index in [1.54, 1.807) is 28.6 Å². The molecule has 0 radical (unpaired) electrons. The average molecular weight is 341 g/mol. The Morgan fingerprint density at radius 2 is 1.84 bits per heavy atom. The summed E-state index contributed by atoms with van der Waals surface area (Å²) in [4.78, 5) is 4.13. The number of imidazole rings is 1. The van der Waals surface area contributed by atoms with Gasteiger partial charge in [-0.1, -0.05) is 5.21 Å². The third-order valence-electron chi connectivity index (χ3n) is 3.99. The van der Waals surface area contributed by atoms with Crippen LogP contribution in [0.3, 0.4) is 0 Å². The van der Waals surface area contributed by atoms with Crippen molar-refractivity contribution >= 4 is 11.0 Å². The number of ether oxygens (including phenoxy) is 1. The van der Waals surface area contributed by atoms with Gasteiger partial charge in [0.1, 0.15) is 28.7 Å². The second-order valence-electron chi connectivity index (χ2n) is 5.47. The van der Waals surface area contributed by atoms with Crippen LogP contribution >= 0.6 is 0 Å². The first-order valence-electron chi connectivity index (χ1n) is 7.45. The van der Waals surface area contributed by atoms with Crippen molar-refractivity contribution in [3.63, 3.8) is 0 Å². The molecule has 0 saturated carbocycles. The summed E-state index contributed by atoms with van der Waals surface area (Å²) in [6.45, 7) is 0. The highest BCUT2D eigenvalue weighted by atomic mass is 19.1. The number of hydrogen-bond acceptors (Lipinski definition) is 4. The predicted octanol–water partition coefficient (Wildman–Crippen LogP) is 3.11. The van der Waals surface area contributed by atoms with Gasteiger partial charge >= 0.3 is 0 Å². The monoisotopic (exact) mass is 341 g/mol. The van der Waals surface area contributed by atoms with E-state index in [9.17, 15) is 8.78 Å². The zero-order valence-electron chi connectivity index (χ0n) is 13.4. The molecule has 0 aliphatic rings. The summed E-state index contributed by atoms with van der Waals surface area (Å²) in [6.07, 6.45) is 3.12. The Bertz CT molecular complexity index is 1060. The molecule has 4 rings (SSSR count). The second-order valence-corrected chi connectivity index (χ2v) is 5.47. The Labute approximate surface area is 141 Å². The molecule has 0 amide bonds. The number of rotatable bonds is 3. The number of benzene rings is 2. The molecule has 0 atom stereocenters. The molecule has 0 N–H and O–H groups in total. The summed E-state index contributed by atoms with van der Waals surface area (Å²) < 4.78 is 37.0. The van der Waals surface area contributed by atoms with Gasteiger partial charge in [0.2, 0.25) is 0 Å². The van der Waals surface area contributed by atoms with Crippen molar-refractivity contribution in [3.8, 4) is 22.8 Å². The predicted molar refractivity (Wildman–Crippen MR) is 87.5 cm³/mol. The number of aryl methyl sites for hydroxylation is 1. The molecule has 2 heterocycles. The molecular weight excluding hydrogens is 328 g/mol. The largest absolute Gasteiger partial charge is 0.497 e. The maximum atomic E-state index is 14.4. The van der Waals surface area contributed by atoms with Crippen molar-refractivity contribution in [1.82, 2.24) is 24.5 Å². The van der Waals surface area contributed by atoms with E-state index < -0.39 is 11.6 Å². The third-order valence-corrected chi connectivity index (χ3v) is 3.99. The van der Waals surface area contributed by atoms with Gasteiger partial charge in [-0.15, -0.1) is 5.10 Å². The van der Waals surface area contributed by atoms with Crippen LogP contribution in [0.5, 0.6) is 5.75 Å². The molecule has 2 aromatic heterocycles. The van der Waals surface area contributed by atoms with E-state index in [0.29, 0.717) is 11.2 Å². The number of hydrogen-bond donors (Lipinski definition) is 0. The molecule has 4 aromatic rings. The zero-order valence-corrected chi connectivity index (χ0v) is 13.4. The standard InChI is InChI=1S/C17H13F2N5O/c1-23-15-4-3-10(7-14(15)21-22-23)24-6-5-20-17(24)16-12(18)8-11(25-2)9-13(16)19/h3-9H,1-2H3. The lowest BCUT2D eigenvalue weighted by molar-refractivity contribution is 0.407. The Hall–Kier alpha value is -3.29. The first-order valence-corrected chi connectivity index (χ1v) is 7.45. The number of halogens is 2. The van der Waals surface area contributed by atoms with Crippen molar-refractivity contribution in [2.45, 2.75) is 0 Å². The van der Waals surface area contributed by atoms with Gasteiger partial charge in [-0.05, 0) is 18.2 Å². The molecule has 0 spiro atoms. The van der Waals surface area contributed by atoms with Crippen molar-refractivity contribution in [3.05, 3.63) is 54.4 Å². The van der Waals surface area contributed by atoms with Crippen LogP contribution in [0.1, 0.15) is 0 Å². The molecule has 0 bridgehead atoms. The van der Waals surface area contributed by atoms with E-state index in [1.807, 2.05) is 12.1 Å². The highest BCUT2D eigenvalue weighted by Crippen LogP contribution is 2.30. The molecule has 0 unspecified atom stereocenters. The first kappa shape index (κ1) is 15.3. The van der Waals surface area contributed by atoms with E-state index in [4.69, 9.17) is 4.74 Å². The molecule has 8 heteroatoms. The van der Waals surface area contributed by atoms with Crippen LogP contribution in [0.15, 0.2) is 42.7 Å². The summed E-state index contributed by atoms with van der Waals surface area (Å²) in [5, 5.41) is 8.02. The van der Waals surface area contributed by atoms with Crippen molar-refractivity contribution in [1.29, 1.82) is 0 Å². The average Bonchev–Trinajstić information content (AvgIpc) is 3.21. The van der Waals surface area contributed by atoms with Gasteiger partial charge in [0.25, 0.3) is 0 Å². The fraction of sp³-hybridized carbons (Fsp3) is 0.118. The van der Waals surface area contributed by atoms with E-state index in [0.717, 1.165) is 17.6 Å². The summed E-state index contributed by atoms with van der Waals surface area (Å²) in [6, 6.07) is 7.70. The lowest BCUT2D eigenvalue weighted by Crippen LogP contribution is -2.01. The summed E-state index contributed by atoms with van der Waals surface area (Å²) in [5.74, 6) is -1.23. The van der Waals surface area contributed by atoms with E-state index in [2.05, 4.69) is 15.3 Å². The maximum Gasteiger partial charge on any atom is 0.150 e. The topological polar surface area (TPSA) is 57.8 Å². The first-order chi connectivity index (χ1) is 12.1. The smallest absolute Gasteiger partial charge is 0.150 e. The van der Waals surface area contributed by atoms with Gasteiger partial charge in [0.15, 0.2) is 0 Å². The Morgan fingerprint density at radius 3 is 2.56 bits per heavy atom. The zero-order chi connectivity index (χ0) is 17.6. The minimum atomic E-state index is -0.745. The van der Waals surface area contributed by atoms with Crippen LogP contribution in [0.2, 0.25) is 0 Å². The van der Waals surface area contributed by atoms with Crippen LogP contribution in [0, 0.1) is 11.6 Å². The van der Waals surface area contributed by atoms with Gasteiger partial charge in [0.05, 0.1) is 18.2 Å². The maximum absolute atomic E-state index is 14.4. The SMILES string of the molecule is COc1cc(F)c(-c2nccn2-c2ccc3c(c2)nnn3C)c(F)c1. The molecule has 2 aromatic carbocycles. The fourth-order valence-corrected chi connectivity index (χ4v) is 2.76. The minimum absolute atomic E-state index is 0.109. The van der Waals surface area contributed by atoms with E-state index in [-0.39, 0.29) is 17.1 Å². The number of aromatic nitrogens is 5. The Kier molecular flexibility index (Phi) is 3.45. The van der Waals surface area contributed by atoms with Crippen LogP contribution in [-0.4, -0.2) is 31.7 Å². The number of fused-ring (bicyclic) bond motifs is 1. The normalized spacial score (nSPS) is 11.2. The van der Waals surface area contributed by atoms with Gasteiger partial charge in [-0.2, -0.15) is 0 Å². The van der Waals surface area contributed by atoms with Gasteiger partial charge in [-0.25, -0.2) is 18.4 Å². The molecule has 0 aliphatic carbocycles. The molecule has 0 fully saturated rings. The fourth-order valence-electron chi connectivity index (χ4n) is 2.76. The van der Waals surface area contributed by atoms with Gasteiger partial charge in [0, 0.05) is 37.3 Å². The molecule has 0 saturated heterocycles. The minimum Gasteiger partial charge on any atom is -0.497 e. The number of methoxy groups -OCH3 is 1. The van der Waals surface area contributed by atoms with E-state index in [1.165, 1.54) is 13.3 Å². The summed E-state index contributed by atoms with van der Waals surface area (Å²) >= 11 is 0. The summed E-state index contributed by atoms with van der Waals surface area (Å²) in [7, 11) is 3.14. The van der Waals surface area contributed by atoms with E-state index >= 15 is 0 Å². The highest BCUT2D eigenvalue weighted by Gasteiger charge is 2.19. The van der Waals surface area contributed by atoms with Crippen LogP contribution in [-0.2, 0) is 7.05 Å². The highest BCUT2D eigenvalue weighted by molar-refractivity contribution is 5.77.